The van der Waals surface area contributed by atoms with Crippen LogP contribution in [0.4, 0.5) is 5.69 Å². The number of nitrogens with zero attached hydrogens (tertiary/aromatic N) is 2. The zero-order valence-electron chi connectivity index (χ0n) is 13.8. The number of anilines is 1. The molecule has 0 saturated carbocycles. The van der Waals surface area contributed by atoms with E-state index in [1.165, 1.54) is 0 Å². The Morgan fingerprint density at radius 3 is 2.50 bits per heavy atom. The molecule has 0 unspecified atom stereocenters. The first-order valence-electron chi connectivity index (χ1n) is 7.56. The molecule has 3 rings (SSSR count). The van der Waals surface area contributed by atoms with Crippen LogP contribution in [-0.2, 0) is 0 Å². The van der Waals surface area contributed by atoms with Crippen LogP contribution in [0.25, 0.3) is 5.88 Å². The van der Waals surface area contributed by atoms with Crippen molar-refractivity contribution in [1.29, 1.82) is 5.26 Å². The van der Waals surface area contributed by atoms with Crippen LogP contribution < -0.4 is 5.32 Å². The van der Waals surface area contributed by atoms with E-state index in [1.807, 2.05) is 44.2 Å². The van der Waals surface area contributed by atoms with Crippen LogP contribution in [0.1, 0.15) is 32.8 Å². The Kier molecular flexibility index (Phi) is 3.97. The molecule has 2 aromatic heterocycles. The predicted octanol–water partition coefficient (Wildman–Crippen LogP) is 4.12. The Balaban J connectivity index is 1.98. The van der Waals surface area contributed by atoms with Crippen molar-refractivity contribution >= 4 is 11.6 Å². The zero-order chi connectivity index (χ0) is 17.3. The first kappa shape index (κ1) is 15.6. The lowest BCUT2D eigenvalue weighted by Gasteiger charge is -2.07. The van der Waals surface area contributed by atoms with Gasteiger partial charge in [-0.3, -0.25) is 9.36 Å². The predicted molar refractivity (Wildman–Crippen MR) is 91.4 cm³/mol. The van der Waals surface area contributed by atoms with E-state index >= 15 is 0 Å². The van der Waals surface area contributed by atoms with Crippen LogP contribution in [0.5, 0.6) is 0 Å². The van der Waals surface area contributed by atoms with Crippen LogP contribution >= 0.6 is 0 Å². The van der Waals surface area contributed by atoms with Crippen LogP contribution in [0.15, 0.2) is 47.1 Å². The molecule has 0 atom stereocenters. The molecule has 1 N–H and O–H groups in total. The number of hydrogen-bond acceptors (Lipinski definition) is 3. The molecular weight excluding hydrogens is 302 g/mol. The van der Waals surface area contributed by atoms with Gasteiger partial charge in [0.1, 0.15) is 23.0 Å². The molecule has 0 radical (unpaired) electrons. The van der Waals surface area contributed by atoms with Gasteiger partial charge in [0.2, 0.25) is 5.88 Å². The minimum atomic E-state index is -0.352. The van der Waals surface area contributed by atoms with Crippen molar-refractivity contribution in [2.24, 2.45) is 0 Å². The molecule has 0 aliphatic carbocycles. The van der Waals surface area contributed by atoms with E-state index in [9.17, 15) is 10.1 Å². The highest BCUT2D eigenvalue weighted by molar-refractivity contribution is 6.07. The fourth-order valence-electron chi connectivity index (χ4n) is 2.57. The number of benzene rings is 1. The average molecular weight is 319 g/mol. The highest BCUT2D eigenvalue weighted by Gasteiger charge is 2.24. The summed E-state index contributed by atoms with van der Waals surface area (Å²) < 4.78 is 7.34. The zero-order valence-corrected chi connectivity index (χ0v) is 13.8. The average Bonchev–Trinajstić information content (AvgIpc) is 3.17. The van der Waals surface area contributed by atoms with E-state index in [2.05, 4.69) is 11.4 Å². The number of hydrogen-bond donors (Lipinski definition) is 1. The number of carbonyl (C=O) groups is 1. The Morgan fingerprint density at radius 1 is 1.17 bits per heavy atom. The van der Waals surface area contributed by atoms with Crippen LogP contribution in [-0.4, -0.2) is 10.5 Å². The monoisotopic (exact) mass is 319 g/mol. The molecule has 5 heteroatoms. The normalized spacial score (nSPS) is 10.4. The minimum absolute atomic E-state index is 0.227. The fourth-order valence-corrected chi connectivity index (χ4v) is 2.57. The molecule has 0 bridgehead atoms. The lowest BCUT2D eigenvalue weighted by Crippen LogP contribution is -2.14. The second kappa shape index (κ2) is 6.09. The third-order valence-corrected chi connectivity index (χ3v) is 4.01. The molecule has 2 heterocycles. The van der Waals surface area contributed by atoms with Gasteiger partial charge < -0.3 is 9.73 Å². The number of nitrogens with one attached hydrogen (secondary N) is 1. The summed E-state index contributed by atoms with van der Waals surface area (Å²) in [5.74, 6) is 0.413. The van der Waals surface area contributed by atoms with Crippen molar-refractivity contribution in [3.63, 3.8) is 0 Å². The maximum absolute atomic E-state index is 12.7. The largest absolute Gasteiger partial charge is 0.443 e. The van der Waals surface area contributed by atoms with Crippen LogP contribution in [0, 0.1) is 32.1 Å². The lowest BCUT2D eigenvalue weighted by molar-refractivity contribution is 0.102. The van der Waals surface area contributed by atoms with Gasteiger partial charge in [0.25, 0.3) is 5.91 Å². The molecule has 0 aliphatic heterocycles. The number of rotatable bonds is 3. The first-order chi connectivity index (χ1) is 11.5. The Morgan fingerprint density at radius 2 is 1.88 bits per heavy atom. The number of amides is 1. The molecule has 0 fully saturated rings. The summed E-state index contributed by atoms with van der Waals surface area (Å²) in [6, 6.07) is 11.4. The Labute approximate surface area is 140 Å². The lowest BCUT2D eigenvalue weighted by atomic mass is 10.1. The SMILES string of the molecule is Cc1ccc(NC(=O)c2c(C)oc(-n3cccc3)c2C#N)cc1C. The van der Waals surface area contributed by atoms with Gasteiger partial charge in [0, 0.05) is 18.1 Å². The summed E-state index contributed by atoms with van der Waals surface area (Å²) in [6.45, 7) is 5.68. The van der Waals surface area contributed by atoms with E-state index in [4.69, 9.17) is 4.42 Å². The van der Waals surface area contributed by atoms with Crippen LogP contribution in [0.2, 0.25) is 0 Å². The van der Waals surface area contributed by atoms with E-state index < -0.39 is 0 Å². The van der Waals surface area contributed by atoms with Gasteiger partial charge in [0.15, 0.2) is 0 Å². The van der Waals surface area contributed by atoms with Crippen molar-refractivity contribution in [1.82, 2.24) is 4.57 Å². The maximum atomic E-state index is 12.7. The summed E-state index contributed by atoms with van der Waals surface area (Å²) in [5.41, 5.74) is 3.42. The minimum Gasteiger partial charge on any atom is -0.443 e. The fraction of sp³-hybridized carbons (Fsp3) is 0.158. The van der Waals surface area contributed by atoms with Gasteiger partial charge in [0.05, 0.1) is 0 Å². The van der Waals surface area contributed by atoms with E-state index in [-0.39, 0.29) is 17.0 Å². The molecule has 3 aromatic rings. The molecule has 0 spiro atoms. The summed E-state index contributed by atoms with van der Waals surface area (Å²) in [6.07, 6.45) is 3.54. The molecule has 5 nitrogen and oxygen atoms in total. The Bertz CT molecular complexity index is 944. The molecular formula is C19H17N3O2. The highest BCUT2D eigenvalue weighted by Crippen LogP contribution is 2.26. The second-order valence-corrected chi connectivity index (χ2v) is 5.67. The summed E-state index contributed by atoms with van der Waals surface area (Å²) >= 11 is 0. The van der Waals surface area contributed by atoms with Gasteiger partial charge in [-0.2, -0.15) is 5.26 Å². The topological polar surface area (TPSA) is 71.0 Å². The number of carbonyl (C=O) groups excluding carboxylic acids is 1. The van der Waals surface area contributed by atoms with E-state index in [0.717, 1.165) is 11.1 Å². The van der Waals surface area contributed by atoms with Crippen molar-refractivity contribution in [2.75, 3.05) is 5.32 Å². The molecule has 0 saturated heterocycles. The quantitative estimate of drug-likeness (QED) is 0.789. The summed E-state index contributed by atoms with van der Waals surface area (Å²) in [5, 5.41) is 12.3. The number of aryl methyl sites for hydroxylation is 3. The highest BCUT2D eigenvalue weighted by atomic mass is 16.4. The van der Waals surface area contributed by atoms with Gasteiger partial charge in [-0.05, 0) is 56.2 Å². The van der Waals surface area contributed by atoms with Gasteiger partial charge in [-0.15, -0.1) is 0 Å². The molecule has 1 aromatic carbocycles. The van der Waals surface area contributed by atoms with E-state index in [0.29, 0.717) is 17.3 Å². The smallest absolute Gasteiger partial charge is 0.260 e. The second-order valence-electron chi connectivity index (χ2n) is 5.67. The van der Waals surface area contributed by atoms with Crippen molar-refractivity contribution in [2.45, 2.75) is 20.8 Å². The number of furan rings is 1. The standard InChI is InChI=1S/C19H17N3O2/c1-12-6-7-15(10-13(12)2)21-18(23)17-14(3)24-19(16(17)11-20)22-8-4-5-9-22/h4-10H,1-3H3,(H,21,23). The molecule has 120 valence electrons. The van der Waals surface area contributed by atoms with Crippen molar-refractivity contribution in [3.05, 3.63) is 70.7 Å². The summed E-state index contributed by atoms with van der Waals surface area (Å²) in [4.78, 5) is 12.7. The van der Waals surface area contributed by atoms with Gasteiger partial charge in [-0.1, -0.05) is 6.07 Å². The first-order valence-corrected chi connectivity index (χ1v) is 7.56. The Hall–Kier alpha value is -3.26. The molecule has 24 heavy (non-hydrogen) atoms. The third kappa shape index (κ3) is 2.70. The van der Waals surface area contributed by atoms with Gasteiger partial charge in [-0.25, -0.2) is 0 Å². The summed E-state index contributed by atoms with van der Waals surface area (Å²) in [7, 11) is 0. The molecule has 0 aliphatic rings. The number of aromatic nitrogens is 1. The number of nitriles is 1. The molecule has 1 amide bonds. The van der Waals surface area contributed by atoms with Crippen molar-refractivity contribution in [3.8, 4) is 12.0 Å². The third-order valence-electron chi connectivity index (χ3n) is 4.01. The maximum Gasteiger partial charge on any atom is 0.260 e. The van der Waals surface area contributed by atoms with Crippen molar-refractivity contribution < 1.29 is 9.21 Å². The van der Waals surface area contributed by atoms with Gasteiger partial charge >= 0.3 is 0 Å². The van der Waals surface area contributed by atoms with Crippen LogP contribution in [0.3, 0.4) is 0 Å². The van der Waals surface area contributed by atoms with E-state index in [1.54, 1.807) is 23.9 Å².